The topological polar surface area (TPSA) is 46.9 Å². The van der Waals surface area contributed by atoms with E-state index < -0.39 is 0 Å². The lowest BCUT2D eigenvalue weighted by Gasteiger charge is -2.15. The van der Waals surface area contributed by atoms with Crippen LogP contribution < -0.4 is 5.32 Å². The highest BCUT2D eigenvalue weighted by Crippen LogP contribution is 2.27. The molecule has 0 aliphatic heterocycles. The van der Waals surface area contributed by atoms with Crippen LogP contribution in [0.3, 0.4) is 0 Å². The molecule has 0 aliphatic carbocycles. The minimum Gasteiger partial charge on any atom is -0.325 e. The number of carbonyl (C=O) groups is 1. The van der Waals surface area contributed by atoms with Crippen LogP contribution in [0.4, 0.5) is 5.69 Å². The molecule has 1 atom stereocenters. The summed E-state index contributed by atoms with van der Waals surface area (Å²) in [7, 11) is 0. The van der Waals surface area contributed by atoms with Gasteiger partial charge in [0.1, 0.15) is 0 Å². The molecule has 0 aliphatic rings. The predicted octanol–water partition coefficient (Wildman–Crippen LogP) is 4.92. The highest BCUT2D eigenvalue weighted by Gasteiger charge is 2.19. The Morgan fingerprint density at radius 3 is 2.62 bits per heavy atom. The molecule has 134 valence electrons. The van der Waals surface area contributed by atoms with E-state index in [4.69, 9.17) is 0 Å². The van der Waals surface area contributed by atoms with Gasteiger partial charge in [-0.2, -0.15) is 0 Å². The molecule has 3 aromatic rings. The highest BCUT2D eigenvalue weighted by atomic mass is 32.2. The first-order chi connectivity index (χ1) is 12.5. The maximum atomic E-state index is 12.6. The van der Waals surface area contributed by atoms with Crippen molar-refractivity contribution in [3.05, 3.63) is 71.5 Å². The number of carbonyl (C=O) groups excluding carboxylic acids is 1. The van der Waals surface area contributed by atoms with Crippen LogP contribution in [0.1, 0.15) is 23.6 Å². The van der Waals surface area contributed by atoms with E-state index >= 15 is 0 Å². The molecule has 0 fully saturated rings. The van der Waals surface area contributed by atoms with Crippen molar-refractivity contribution in [3.8, 4) is 5.69 Å². The molecule has 3 rings (SSSR count). The van der Waals surface area contributed by atoms with E-state index in [0.717, 1.165) is 22.1 Å². The molecule has 0 saturated carbocycles. The third-order valence-electron chi connectivity index (χ3n) is 4.27. The number of anilines is 1. The molecule has 0 saturated heterocycles. The lowest BCUT2D eigenvalue weighted by molar-refractivity contribution is -0.115. The van der Waals surface area contributed by atoms with Gasteiger partial charge in [-0.1, -0.05) is 47.7 Å². The first-order valence-electron chi connectivity index (χ1n) is 8.60. The van der Waals surface area contributed by atoms with E-state index in [0.29, 0.717) is 0 Å². The van der Waals surface area contributed by atoms with Gasteiger partial charge in [-0.05, 0) is 51.0 Å². The number of benzene rings is 2. The zero-order valence-electron chi connectivity index (χ0n) is 15.5. The first-order valence-corrected chi connectivity index (χ1v) is 9.48. The Bertz CT molecular complexity index is 933. The van der Waals surface area contributed by atoms with Crippen LogP contribution in [-0.4, -0.2) is 20.7 Å². The normalized spacial score (nSPS) is 12.0. The molecule has 0 bridgehead atoms. The number of para-hydroxylation sites is 1. The van der Waals surface area contributed by atoms with E-state index in [2.05, 4.69) is 42.3 Å². The van der Waals surface area contributed by atoms with Gasteiger partial charge in [0.2, 0.25) is 5.91 Å². The Morgan fingerprint density at radius 1 is 1.12 bits per heavy atom. The number of nitrogens with one attached hydrogen (secondary N) is 1. The summed E-state index contributed by atoms with van der Waals surface area (Å²) in [6.45, 7) is 8.06. The minimum atomic E-state index is -0.262. The van der Waals surface area contributed by atoms with Crippen molar-refractivity contribution in [2.45, 2.75) is 38.1 Å². The molecule has 0 radical (unpaired) electrons. The van der Waals surface area contributed by atoms with Crippen molar-refractivity contribution in [2.75, 3.05) is 5.32 Å². The summed E-state index contributed by atoms with van der Waals surface area (Å²) in [4.78, 5) is 17.0. The number of imidazole rings is 1. The summed E-state index contributed by atoms with van der Waals surface area (Å²) in [6.07, 6.45) is 3.71. The molecule has 0 spiro atoms. The number of thioether (sulfide) groups is 1. The Morgan fingerprint density at radius 2 is 1.88 bits per heavy atom. The van der Waals surface area contributed by atoms with Gasteiger partial charge in [-0.15, -0.1) is 0 Å². The second-order valence-electron chi connectivity index (χ2n) is 6.43. The molecule has 2 aromatic carbocycles. The number of nitrogens with zero attached hydrogens (tertiary/aromatic N) is 2. The zero-order chi connectivity index (χ0) is 18.7. The van der Waals surface area contributed by atoms with E-state index in [9.17, 15) is 4.79 Å². The molecular formula is C21H23N3OS. The molecular weight excluding hydrogens is 342 g/mol. The monoisotopic (exact) mass is 365 g/mol. The van der Waals surface area contributed by atoms with Crippen LogP contribution in [0.5, 0.6) is 0 Å². The zero-order valence-corrected chi connectivity index (χ0v) is 16.3. The molecule has 5 heteroatoms. The first kappa shape index (κ1) is 18.3. The van der Waals surface area contributed by atoms with Crippen LogP contribution in [-0.2, 0) is 4.79 Å². The lowest BCUT2D eigenvalue weighted by Crippen LogP contribution is -2.23. The Balaban J connectivity index is 1.76. The van der Waals surface area contributed by atoms with Crippen molar-refractivity contribution in [2.24, 2.45) is 0 Å². The minimum absolute atomic E-state index is 0.0283. The van der Waals surface area contributed by atoms with Crippen molar-refractivity contribution in [3.63, 3.8) is 0 Å². The number of hydrogen-bond acceptors (Lipinski definition) is 3. The molecule has 1 heterocycles. The Hall–Kier alpha value is -2.53. The number of aryl methyl sites for hydroxylation is 3. The summed E-state index contributed by atoms with van der Waals surface area (Å²) in [5.74, 6) is -0.0283. The van der Waals surface area contributed by atoms with Gasteiger partial charge in [0.25, 0.3) is 0 Å². The van der Waals surface area contributed by atoms with E-state index in [1.165, 1.54) is 22.9 Å². The summed E-state index contributed by atoms with van der Waals surface area (Å²) in [5.41, 5.74) is 5.40. The van der Waals surface area contributed by atoms with Gasteiger partial charge in [-0.3, -0.25) is 9.36 Å². The molecule has 4 nitrogen and oxygen atoms in total. The fraction of sp³-hybridized carbons (Fsp3) is 0.238. The van der Waals surface area contributed by atoms with Crippen molar-refractivity contribution in [1.29, 1.82) is 0 Å². The fourth-order valence-corrected chi connectivity index (χ4v) is 3.67. The molecule has 1 aromatic heterocycles. The SMILES string of the molecule is Cc1ccc(-n2ccnc2SC(C)C(=O)Nc2ccccc2C)c(C)c1. The van der Waals surface area contributed by atoms with Crippen molar-refractivity contribution >= 4 is 23.4 Å². The van der Waals surface area contributed by atoms with Crippen LogP contribution in [0.2, 0.25) is 0 Å². The van der Waals surface area contributed by atoms with Gasteiger partial charge in [0.15, 0.2) is 5.16 Å². The van der Waals surface area contributed by atoms with E-state index in [1.54, 1.807) is 6.20 Å². The van der Waals surface area contributed by atoms with Gasteiger partial charge in [0, 0.05) is 18.1 Å². The van der Waals surface area contributed by atoms with Crippen LogP contribution in [0.25, 0.3) is 5.69 Å². The van der Waals surface area contributed by atoms with Crippen molar-refractivity contribution in [1.82, 2.24) is 9.55 Å². The Kier molecular flexibility index (Phi) is 5.47. The summed E-state index contributed by atoms with van der Waals surface area (Å²) in [6, 6.07) is 14.1. The third kappa shape index (κ3) is 3.99. The van der Waals surface area contributed by atoms with Crippen LogP contribution in [0, 0.1) is 20.8 Å². The lowest BCUT2D eigenvalue weighted by atomic mass is 10.1. The second kappa shape index (κ2) is 7.79. The molecule has 1 unspecified atom stereocenters. The van der Waals surface area contributed by atoms with Gasteiger partial charge in [0.05, 0.1) is 10.9 Å². The smallest absolute Gasteiger partial charge is 0.237 e. The van der Waals surface area contributed by atoms with Crippen LogP contribution >= 0.6 is 11.8 Å². The highest BCUT2D eigenvalue weighted by molar-refractivity contribution is 8.00. The Labute approximate surface area is 158 Å². The predicted molar refractivity (Wildman–Crippen MR) is 108 cm³/mol. The van der Waals surface area contributed by atoms with Gasteiger partial charge in [-0.25, -0.2) is 4.98 Å². The summed E-state index contributed by atoms with van der Waals surface area (Å²) < 4.78 is 2.04. The number of aromatic nitrogens is 2. The number of amides is 1. The average Bonchev–Trinajstić information content (AvgIpc) is 3.04. The largest absolute Gasteiger partial charge is 0.325 e. The molecule has 1 N–H and O–H groups in total. The van der Waals surface area contributed by atoms with Gasteiger partial charge < -0.3 is 5.32 Å². The van der Waals surface area contributed by atoms with Crippen molar-refractivity contribution < 1.29 is 4.79 Å². The summed E-state index contributed by atoms with van der Waals surface area (Å²) in [5, 5.41) is 3.55. The van der Waals surface area contributed by atoms with Crippen LogP contribution in [0.15, 0.2) is 60.0 Å². The quantitative estimate of drug-likeness (QED) is 0.653. The average molecular weight is 366 g/mol. The summed E-state index contributed by atoms with van der Waals surface area (Å²) >= 11 is 1.46. The maximum Gasteiger partial charge on any atom is 0.237 e. The van der Waals surface area contributed by atoms with E-state index in [1.807, 2.05) is 48.9 Å². The second-order valence-corrected chi connectivity index (χ2v) is 7.74. The van der Waals surface area contributed by atoms with E-state index in [-0.39, 0.29) is 11.2 Å². The molecule has 1 amide bonds. The van der Waals surface area contributed by atoms with Gasteiger partial charge >= 0.3 is 0 Å². The third-order valence-corrected chi connectivity index (χ3v) is 5.35. The number of rotatable bonds is 5. The standard InChI is InChI=1S/C21H23N3OS/c1-14-9-10-19(16(3)13-14)24-12-11-22-21(24)26-17(4)20(25)23-18-8-6-5-7-15(18)2/h5-13,17H,1-4H3,(H,23,25). The fourth-order valence-electron chi connectivity index (χ4n) is 2.80. The number of hydrogen-bond donors (Lipinski definition) is 1. The maximum absolute atomic E-state index is 12.6. The molecule has 26 heavy (non-hydrogen) atoms.